The van der Waals surface area contributed by atoms with E-state index in [4.69, 9.17) is 4.98 Å². The van der Waals surface area contributed by atoms with Crippen LogP contribution in [-0.4, -0.2) is 20.9 Å². The lowest BCUT2D eigenvalue weighted by atomic mass is 10.1. The molecule has 0 saturated heterocycles. The van der Waals surface area contributed by atoms with Gasteiger partial charge < -0.3 is 4.98 Å². The van der Waals surface area contributed by atoms with Crippen LogP contribution in [-0.2, 0) is 6.54 Å². The zero-order valence-electron chi connectivity index (χ0n) is 15.8. The number of hydrogen-bond acceptors (Lipinski definition) is 4. The van der Waals surface area contributed by atoms with Gasteiger partial charge in [0, 0.05) is 23.3 Å². The Labute approximate surface area is 171 Å². The normalized spacial score (nSPS) is 11.2. The van der Waals surface area contributed by atoms with Gasteiger partial charge in [0.15, 0.2) is 5.13 Å². The van der Waals surface area contributed by atoms with Crippen molar-refractivity contribution in [2.45, 2.75) is 13.5 Å². The number of rotatable bonds is 4. The molecule has 29 heavy (non-hydrogen) atoms. The van der Waals surface area contributed by atoms with Crippen molar-refractivity contribution in [3.8, 4) is 0 Å². The fourth-order valence-corrected chi connectivity index (χ4v) is 4.47. The first-order valence-corrected chi connectivity index (χ1v) is 10.2. The summed E-state index contributed by atoms with van der Waals surface area (Å²) in [5, 5.41) is 1.58. The van der Waals surface area contributed by atoms with Crippen molar-refractivity contribution < 1.29 is 4.79 Å². The number of hydrogen-bond donors (Lipinski definition) is 1. The Morgan fingerprint density at radius 3 is 2.83 bits per heavy atom. The van der Waals surface area contributed by atoms with Crippen LogP contribution in [0.25, 0.3) is 21.1 Å². The molecule has 0 radical (unpaired) electrons. The lowest BCUT2D eigenvalue weighted by molar-refractivity contribution is 0.0986. The minimum Gasteiger partial charge on any atom is -0.360 e. The third-order valence-electron chi connectivity index (χ3n) is 4.87. The number of aryl methyl sites for hydroxylation is 1. The minimum atomic E-state index is -0.0936. The third-order valence-corrected chi connectivity index (χ3v) is 5.92. The molecule has 5 nitrogen and oxygen atoms in total. The number of aromatic nitrogens is 3. The second kappa shape index (κ2) is 7.14. The molecule has 0 fully saturated rings. The van der Waals surface area contributed by atoms with Crippen molar-refractivity contribution in [3.05, 3.63) is 89.9 Å². The smallest absolute Gasteiger partial charge is 0.262 e. The molecular weight excluding hydrogens is 380 g/mol. The highest BCUT2D eigenvalue weighted by atomic mass is 32.1. The first-order chi connectivity index (χ1) is 14.2. The summed E-state index contributed by atoms with van der Waals surface area (Å²) < 4.78 is 1.07. The fraction of sp³-hybridized carbons (Fsp3) is 0.0870. The van der Waals surface area contributed by atoms with Gasteiger partial charge in [-0.05, 0) is 42.8 Å². The number of pyridine rings is 1. The summed E-state index contributed by atoms with van der Waals surface area (Å²) in [6.07, 6.45) is 3.52. The minimum absolute atomic E-state index is 0.0936. The Kier molecular flexibility index (Phi) is 4.33. The summed E-state index contributed by atoms with van der Waals surface area (Å²) in [6.45, 7) is 2.42. The SMILES string of the molecule is Cc1ccc2nc(N(Cc3ccccn3)C(=O)c3c[nH]c4ccccc34)sc2c1. The number of thiazole rings is 1. The van der Waals surface area contributed by atoms with Crippen LogP contribution in [0.2, 0.25) is 0 Å². The van der Waals surface area contributed by atoms with Gasteiger partial charge >= 0.3 is 0 Å². The quantitative estimate of drug-likeness (QED) is 0.445. The molecule has 0 aliphatic carbocycles. The molecule has 0 unspecified atom stereocenters. The molecule has 0 aliphatic heterocycles. The molecule has 0 saturated carbocycles. The summed E-state index contributed by atoms with van der Waals surface area (Å²) in [4.78, 5) is 27.7. The molecule has 6 heteroatoms. The summed E-state index contributed by atoms with van der Waals surface area (Å²) in [7, 11) is 0. The predicted octanol–water partition coefficient (Wildman–Crippen LogP) is 5.33. The number of H-pyrrole nitrogens is 1. The number of amides is 1. The molecule has 5 rings (SSSR count). The first kappa shape index (κ1) is 17.6. The van der Waals surface area contributed by atoms with Gasteiger partial charge in [0.1, 0.15) is 0 Å². The van der Waals surface area contributed by atoms with Gasteiger partial charge in [0.2, 0.25) is 0 Å². The molecule has 1 amide bonds. The highest BCUT2D eigenvalue weighted by Gasteiger charge is 2.24. The fourth-order valence-electron chi connectivity index (χ4n) is 3.41. The van der Waals surface area contributed by atoms with Crippen LogP contribution < -0.4 is 4.90 Å². The van der Waals surface area contributed by atoms with Gasteiger partial charge in [-0.15, -0.1) is 0 Å². The zero-order valence-corrected chi connectivity index (χ0v) is 16.6. The summed E-state index contributed by atoms with van der Waals surface area (Å²) in [6, 6.07) is 19.7. The van der Waals surface area contributed by atoms with E-state index in [1.165, 1.54) is 16.9 Å². The summed E-state index contributed by atoms with van der Waals surface area (Å²) in [5.74, 6) is -0.0936. The van der Waals surface area contributed by atoms with Crippen LogP contribution in [0, 0.1) is 6.92 Å². The molecule has 0 spiro atoms. The van der Waals surface area contributed by atoms with Crippen LogP contribution in [0.1, 0.15) is 21.6 Å². The number of nitrogens with one attached hydrogen (secondary N) is 1. The Bertz CT molecular complexity index is 1320. The maximum absolute atomic E-state index is 13.6. The van der Waals surface area contributed by atoms with Crippen LogP contribution in [0.4, 0.5) is 5.13 Å². The molecule has 3 heterocycles. The van der Waals surface area contributed by atoms with Gasteiger partial charge in [-0.2, -0.15) is 0 Å². The largest absolute Gasteiger partial charge is 0.360 e. The van der Waals surface area contributed by atoms with E-state index in [0.29, 0.717) is 17.2 Å². The van der Waals surface area contributed by atoms with Gasteiger partial charge in [-0.25, -0.2) is 4.98 Å². The Morgan fingerprint density at radius 2 is 1.97 bits per heavy atom. The molecular formula is C23H18N4OS. The van der Waals surface area contributed by atoms with Crippen molar-refractivity contribution in [1.29, 1.82) is 0 Å². The predicted molar refractivity (Wildman–Crippen MR) is 117 cm³/mol. The lowest BCUT2D eigenvalue weighted by Gasteiger charge is -2.19. The van der Waals surface area contributed by atoms with E-state index in [1.807, 2.05) is 54.6 Å². The highest BCUT2D eigenvalue weighted by Crippen LogP contribution is 2.32. The molecule has 5 aromatic rings. The summed E-state index contributed by atoms with van der Waals surface area (Å²) in [5.41, 5.74) is 4.46. The van der Waals surface area contributed by atoms with Crippen LogP contribution in [0.3, 0.4) is 0 Å². The molecule has 0 bridgehead atoms. The van der Waals surface area contributed by atoms with Crippen molar-refractivity contribution >= 4 is 43.5 Å². The molecule has 0 aliphatic rings. The standard InChI is InChI=1S/C23H18N4OS/c1-15-9-10-20-21(12-15)29-23(26-20)27(14-16-6-4-5-11-24-16)22(28)18-13-25-19-8-3-2-7-17(18)19/h2-13,25H,14H2,1H3. The molecule has 2 aromatic carbocycles. The second-order valence-electron chi connectivity index (χ2n) is 6.93. The number of para-hydroxylation sites is 1. The van der Waals surface area contributed by atoms with Gasteiger partial charge in [-0.1, -0.05) is 41.7 Å². The van der Waals surface area contributed by atoms with Crippen LogP contribution in [0.15, 0.2) is 73.1 Å². The lowest BCUT2D eigenvalue weighted by Crippen LogP contribution is -2.30. The maximum atomic E-state index is 13.6. The van der Waals surface area contributed by atoms with Crippen LogP contribution in [0.5, 0.6) is 0 Å². The number of anilines is 1. The molecule has 0 atom stereocenters. The second-order valence-corrected chi connectivity index (χ2v) is 7.94. The van der Waals surface area contributed by atoms with E-state index in [9.17, 15) is 4.79 Å². The van der Waals surface area contributed by atoms with Crippen molar-refractivity contribution in [2.24, 2.45) is 0 Å². The van der Waals surface area contributed by atoms with Crippen LogP contribution >= 0.6 is 11.3 Å². The van der Waals surface area contributed by atoms with E-state index < -0.39 is 0 Å². The van der Waals surface area contributed by atoms with Crippen molar-refractivity contribution in [1.82, 2.24) is 15.0 Å². The maximum Gasteiger partial charge on any atom is 0.262 e. The average molecular weight is 398 g/mol. The number of benzene rings is 2. The zero-order chi connectivity index (χ0) is 19.8. The van der Waals surface area contributed by atoms with Gasteiger partial charge in [-0.3, -0.25) is 14.7 Å². The number of fused-ring (bicyclic) bond motifs is 2. The summed E-state index contributed by atoms with van der Waals surface area (Å²) >= 11 is 1.53. The van der Waals surface area contributed by atoms with E-state index in [0.717, 1.165) is 26.8 Å². The van der Waals surface area contributed by atoms with E-state index in [2.05, 4.69) is 23.0 Å². The highest BCUT2D eigenvalue weighted by molar-refractivity contribution is 7.22. The molecule has 1 N–H and O–H groups in total. The Morgan fingerprint density at radius 1 is 1.10 bits per heavy atom. The van der Waals surface area contributed by atoms with E-state index >= 15 is 0 Å². The number of aromatic amines is 1. The van der Waals surface area contributed by atoms with E-state index in [1.54, 1.807) is 17.3 Å². The number of carbonyl (C=O) groups is 1. The molecule has 142 valence electrons. The topological polar surface area (TPSA) is 61.9 Å². The Hall–Kier alpha value is -3.51. The van der Waals surface area contributed by atoms with Gasteiger partial charge in [0.05, 0.1) is 28.0 Å². The third kappa shape index (κ3) is 3.28. The van der Waals surface area contributed by atoms with Crippen molar-refractivity contribution in [3.63, 3.8) is 0 Å². The number of nitrogens with zero attached hydrogens (tertiary/aromatic N) is 3. The molecule has 3 aromatic heterocycles. The average Bonchev–Trinajstić information content (AvgIpc) is 3.36. The number of carbonyl (C=O) groups excluding carboxylic acids is 1. The van der Waals surface area contributed by atoms with E-state index in [-0.39, 0.29) is 5.91 Å². The Balaban J connectivity index is 1.61. The monoisotopic (exact) mass is 398 g/mol. The van der Waals surface area contributed by atoms with Crippen molar-refractivity contribution in [2.75, 3.05) is 4.90 Å². The van der Waals surface area contributed by atoms with Gasteiger partial charge in [0.25, 0.3) is 5.91 Å². The first-order valence-electron chi connectivity index (χ1n) is 9.34.